The first-order valence-corrected chi connectivity index (χ1v) is 6.09. The van der Waals surface area contributed by atoms with Gasteiger partial charge in [0.25, 0.3) is 0 Å². The van der Waals surface area contributed by atoms with Crippen LogP contribution in [0.25, 0.3) is 0 Å². The summed E-state index contributed by atoms with van der Waals surface area (Å²) in [6.07, 6.45) is 1.67. The van der Waals surface area contributed by atoms with Crippen molar-refractivity contribution >= 4 is 49.0 Å². The molecule has 7 heteroatoms. The Bertz CT molecular complexity index is 472. The molecule has 0 atom stereocenters. The van der Waals surface area contributed by atoms with Gasteiger partial charge in [-0.15, -0.1) is 24.8 Å². The van der Waals surface area contributed by atoms with Crippen molar-refractivity contribution in [1.82, 2.24) is 0 Å². The van der Waals surface area contributed by atoms with Crippen LogP contribution in [-0.4, -0.2) is 21.0 Å². The summed E-state index contributed by atoms with van der Waals surface area (Å²) in [5, 5.41) is 0. The molecule has 0 aliphatic rings. The molecule has 0 aliphatic heterocycles. The molecule has 0 fully saturated rings. The van der Waals surface area contributed by atoms with E-state index in [-0.39, 0.29) is 24.8 Å². The van der Waals surface area contributed by atoms with E-state index in [4.69, 9.17) is 8.42 Å². The van der Waals surface area contributed by atoms with E-state index in [0.717, 1.165) is 23.7 Å². The van der Waals surface area contributed by atoms with E-state index in [2.05, 4.69) is 0 Å². The fraction of sp³-hybridized carbons (Fsp3) is 0. The van der Waals surface area contributed by atoms with E-state index in [1.54, 1.807) is 24.3 Å². The molecule has 0 spiro atoms. The second-order valence-electron chi connectivity index (χ2n) is 3.14. The molecular weight excluding hydrogens is 335 g/mol. The van der Waals surface area contributed by atoms with E-state index in [1.807, 2.05) is 36.4 Å². The molecule has 0 bridgehead atoms. The predicted molar refractivity (Wildman–Crippen MR) is 89.9 cm³/mol. The van der Waals surface area contributed by atoms with Gasteiger partial charge in [-0.3, -0.25) is 9.59 Å². The average molecular weight is 351 g/mol. The first-order chi connectivity index (χ1) is 9.28. The van der Waals surface area contributed by atoms with Crippen LogP contribution >= 0.6 is 24.8 Å². The fourth-order valence-electron chi connectivity index (χ4n) is 1.06. The van der Waals surface area contributed by atoms with Crippen LogP contribution in [0.4, 0.5) is 0 Å². The summed E-state index contributed by atoms with van der Waals surface area (Å²) < 4.78 is 16.8. The molecule has 116 valence electrons. The number of carbonyl (C=O) groups is 2. The van der Waals surface area contributed by atoms with Crippen LogP contribution < -0.4 is 0 Å². The fourth-order valence-corrected chi connectivity index (χ4v) is 1.06. The van der Waals surface area contributed by atoms with Crippen molar-refractivity contribution in [1.29, 1.82) is 0 Å². The molecule has 0 aromatic heterocycles. The van der Waals surface area contributed by atoms with Crippen LogP contribution in [0.1, 0.15) is 20.7 Å². The van der Waals surface area contributed by atoms with E-state index in [0.29, 0.717) is 0 Å². The van der Waals surface area contributed by atoms with Crippen LogP contribution in [0.3, 0.4) is 0 Å². The Kier molecular flexibility index (Phi) is 21.2. The molecule has 4 nitrogen and oxygen atoms in total. The van der Waals surface area contributed by atoms with E-state index in [1.165, 1.54) is 0 Å². The second kappa shape index (κ2) is 18.3. The average Bonchev–Trinajstić information content (AvgIpc) is 2.50. The van der Waals surface area contributed by atoms with Crippen molar-refractivity contribution in [2.24, 2.45) is 0 Å². The molecule has 0 saturated carbocycles. The Labute approximate surface area is 139 Å². The summed E-state index contributed by atoms with van der Waals surface area (Å²) in [6.45, 7) is 0. The van der Waals surface area contributed by atoms with Crippen molar-refractivity contribution in [2.75, 3.05) is 0 Å². The van der Waals surface area contributed by atoms with E-state index < -0.39 is 11.6 Å². The van der Waals surface area contributed by atoms with Crippen LogP contribution in [-0.2, 0) is 11.6 Å². The van der Waals surface area contributed by atoms with Gasteiger partial charge in [-0.25, -0.2) is 8.42 Å². The molecule has 0 aliphatic carbocycles. The number of carbonyl (C=O) groups excluding carboxylic acids is 2. The molecular formula is C14H16Cl2O4S. The maximum Gasteiger partial charge on any atom is 0.150 e. The lowest BCUT2D eigenvalue weighted by atomic mass is 10.2. The maximum atomic E-state index is 10.0. The highest BCUT2D eigenvalue weighted by Gasteiger charge is 1.80. The third kappa shape index (κ3) is 14.5. The molecule has 2 aromatic carbocycles. The van der Waals surface area contributed by atoms with Gasteiger partial charge in [-0.1, -0.05) is 60.7 Å². The summed E-state index contributed by atoms with van der Waals surface area (Å²) in [4.78, 5) is 20.0. The Hall–Kier alpha value is -1.69. The number of hydrogen-bond acceptors (Lipinski definition) is 4. The zero-order valence-corrected chi connectivity index (χ0v) is 13.5. The molecule has 0 radical (unpaired) electrons. The SMILES string of the molecule is Cl.Cl.O=Cc1ccccc1.O=Cc1ccccc1.O=[SH2]=O. The Morgan fingerprint density at radius 1 is 0.619 bits per heavy atom. The van der Waals surface area contributed by atoms with Gasteiger partial charge in [0.1, 0.15) is 24.1 Å². The molecule has 0 unspecified atom stereocenters. The van der Waals surface area contributed by atoms with Crippen LogP contribution in [0, 0.1) is 0 Å². The van der Waals surface area contributed by atoms with Crippen molar-refractivity contribution in [3.63, 3.8) is 0 Å². The maximum absolute atomic E-state index is 10.0. The minimum absolute atomic E-state index is 0. The van der Waals surface area contributed by atoms with Crippen LogP contribution in [0.2, 0.25) is 0 Å². The van der Waals surface area contributed by atoms with E-state index in [9.17, 15) is 9.59 Å². The number of benzene rings is 2. The normalized spacial score (nSPS) is 7.24. The van der Waals surface area contributed by atoms with E-state index >= 15 is 0 Å². The summed E-state index contributed by atoms with van der Waals surface area (Å²) in [6, 6.07) is 18.2. The minimum Gasteiger partial charge on any atom is -0.298 e. The van der Waals surface area contributed by atoms with Crippen LogP contribution in [0.5, 0.6) is 0 Å². The molecule has 0 saturated heterocycles. The first kappa shape index (κ1) is 24.3. The van der Waals surface area contributed by atoms with Gasteiger partial charge in [0, 0.05) is 11.1 Å². The third-order valence-electron chi connectivity index (χ3n) is 1.87. The van der Waals surface area contributed by atoms with Gasteiger partial charge in [0.05, 0.1) is 0 Å². The highest BCUT2D eigenvalue weighted by Crippen LogP contribution is 1.92. The van der Waals surface area contributed by atoms with Crippen molar-refractivity contribution in [2.45, 2.75) is 0 Å². The summed E-state index contributed by atoms with van der Waals surface area (Å²) in [5.74, 6) is 0. The highest BCUT2D eigenvalue weighted by molar-refractivity contribution is 7.51. The number of aldehydes is 2. The Morgan fingerprint density at radius 3 is 1.00 bits per heavy atom. The molecule has 0 heterocycles. The van der Waals surface area contributed by atoms with Gasteiger partial charge in [-0.2, -0.15) is 0 Å². The second-order valence-corrected chi connectivity index (χ2v) is 3.31. The quantitative estimate of drug-likeness (QED) is 0.780. The van der Waals surface area contributed by atoms with Gasteiger partial charge in [-0.05, 0) is 0 Å². The highest BCUT2D eigenvalue weighted by atomic mass is 35.5. The Morgan fingerprint density at radius 2 is 0.857 bits per heavy atom. The largest absolute Gasteiger partial charge is 0.298 e. The number of halogens is 2. The number of rotatable bonds is 2. The molecule has 2 aromatic rings. The lowest BCUT2D eigenvalue weighted by Crippen LogP contribution is -1.73. The van der Waals surface area contributed by atoms with Crippen molar-refractivity contribution in [3.05, 3.63) is 71.8 Å². The van der Waals surface area contributed by atoms with Gasteiger partial charge in [0.15, 0.2) is 0 Å². The number of hydrogen-bond donors (Lipinski definition) is 0. The Balaban J connectivity index is -0.000000242. The lowest BCUT2D eigenvalue weighted by molar-refractivity contribution is 0.111. The zero-order chi connectivity index (χ0) is 14.3. The topological polar surface area (TPSA) is 68.3 Å². The van der Waals surface area contributed by atoms with Gasteiger partial charge >= 0.3 is 0 Å². The zero-order valence-electron chi connectivity index (χ0n) is 10.9. The standard InChI is InChI=1S/2C7H6O.2ClH.H2O2S/c2*8-6-7-4-2-1-3-5-7;;;1-3-2/h2*1-6H;2*1H;3H2. The minimum atomic E-state index is -1.42. The first-order valence-electron chi connectivity index (χ1n) is 5.28. The molecule has 0 amide bonds. The third-order valence-corrected chi connectivity index (χ3v) is 1.87. The van der Waals surface area contributed by atoms with Crippen molar-refractivity contribution < 1.29 is 18.0 Å². The summed E-state index contributed by atoms with van der Waals surface area (Å²) in [7, 11) is 0. The lowest BCUT2D eigenvalue weighted by Gasteiger charge is -1.81. The van der Waals surface area contributed by atoms with Crippen LogP contribution in [0.15, 0.2) is 60.7 Å². The predicted octanol–water partition coefficient (Wildman–Crippen LogP) is 2.64. The molecule has 0 N–H and O–H groups in total. The smallest absolute Gasteiger partial charge is 0.150 e. The summed E-state index contributed by atoms with van der Waals surface area (Å²) in [5.41, 5.74) is 1.46. The summed E-state index contributed by atoms with van der Waals surface area (Å²) >= 11 is -1.42. The molecule has 2 rings (SSSR count). The van der Waals surface area contributed by atoms with Gasteiger partial charge in [0.2, 0.25) is 0 Å². The monoisotopic (exact) mass is 350 g/mol. The van der Waals surface area contributed by atoms with Gasteiger partial charge < -0.3 is 0 Å². The molecule has 21 heavy (non-hydrogen) atoms. The van der Waals surface area contributed by atoms with Crippen molar-refractivity contribution in [3.8, 4) is 0 Å².